The molecule has 0 amide bonds. The van der Waals surface area contributed by atoms with E-state index in [1.165, 1.54) is 25.7 Å². The Bertz CT molecular complexity index is 79.3. The van der Waals surface area contributed by atoms with Gasteiger partial charge in [0, 0.05) is 11.9 Å². The van der Waals surface area contributed by atoms with Gasteiger partial charge in [0.15, 0.2) is 0 Å². The fraction of sp³-hybridized carbons (Fsp3) is 1.00. The van der Waals surface area contributed by atoms with Crippen molar-refractivity contribution in [1.29, 1.82) is 0 Å². The number of thioether (sulfide) groups is 1. The van der Waals surface area contributed by atoms with E-state index in [0.717, 1.165) is 17.8 Å². The van der Waals surface area contributed by atoms with Gasteiger partial charge in [-0.25, -0.2) is 0 Å². The van der Waals surface area contributed by atoms with Crippen LogP contribution >= 0.6 is 11.8 Å². The van der Waals surface area contributed by atoms with Gasteiger partial charge in [0.1, 0.15) is 0 Å². The van der Waals surface area contributed by atoms with Gasteiger partial charge in [0.05, 0.1) is 5.94 Å². The van der Waals surface area contributed by atoms with Crippen molar-refractivity contribution in [1.82, 2.24) is 0 Å². The van der Waals surface area contributed by atoms with Crippen molar-refractivity contribution in [3.8, 4) is 0 Å². The van der Waals surface area contributed by atoms with Crippen molar-refractivity contribution in [2.24, 2.45) is 0 Å². The Morgan fingerprint density at radius 3 is 2.70 bits per heavy atom. The second-order valence-electron chi connectivity index (χ2n) is 2.68. The zero-order valence-corrected chi connectivity index (χ0v) is 7.45. The predicted molar refractivity (Wildman–Crippen MR) is 46.3 cm³/mol. The summed E-state index contributed by atoms with van der Waals surface area (Å²) in [6, 6.07) is 0. The van der Waals surface area contributed by atoms with Crippen LogP contribution < -0.4 is 0 Å². The molecule has 0 bridgehead atoms. The molecule has 1 fully saturated rings. The first-order valence-electron chi connectivity index (χ1n) is 4.13. The van der Waals surface area contributed by atoms with Crippen LogP contribution in [0.4, 0.5) is 0 Å². The Kier molecular flexibility index (Phi) is 4.23. The molecule has 1 saturated carbocycles. The monoisotopic (exact) mass is 160 g/mol. The fourth-order valence-corrected chi connectivity index (χ4v) is 2.40. The molecule has 1 aliphatic carbocycles. The largest absolute Gasteiger partial charge is 0.371 e. The Morgan fingerprint density at radius 1 is 1.40 bits per heavy atom. The van der Waals surface area contributed by atoms with Crippen molar-refractivity contribution in [3.05, 3.63) is 0 Å². The lowest BCUT2D eigenvalue weighted by atomic mass is 10.4. The Labute approximate surface area is 67.5 Å². The van der Waals surface area contributed by atoms with Crippen LogP contribution in [0.2, 0.25) is 0 Å². The van der Waals surface area contributed by atoms with Crippen LogP contribution in [0.1, 0.15) is 32.6 Å². The third-order valence-electron chi connectivity index (χ3n) is 1.89. The average molecular weight is 160 g/mol. The number of rotatable bonds is 4. The second kappa shape index (κ2) is 5.03. The van der Waals surface area contributed by atoms with E-state index in [4.69, 9.17) is 4.74 Å². The molecule has 1 nitrogen and oxygen atoms in total. The highest BCUT2D eigenvalue weighted by Gasteiger charge is 2.14. The van der Waals surface area contributed by atoms with Gasteiger partial charge in [-0.1, -0.05) is 12.8 Å². The van der Waals surface area contributed by atoms with Crippen molar-refractivity contribution < 1.29 is 4.74 Å². The molecule has 0 aromatic carbocycles. The summed E-state index contributed by atoms with van der Waals surface area (Å²) in [4.78, 5) is 0. The average Bonchev–Trinajstić information content (AvgIpc) is 2.41. The van der Waals surface area contributed by atoms with Crippen molar-refractivity contribution in [2.75, 3.05) is 12.5 Å². The summed E-state index contributed by atoms with van der Waals surface area (Å²) in [5.41, 5.74) is 0. The highest BCUT2D eigenvalue weighted by atomic mass is 32.2. The van der Waals surface area contributed by atoms with E-state index in [1.807, 2.05) is 11.8 Å². The molecule has 60 valence electrons. The predicted octanol–water partition coefficient (Wildman–Crippen LogP) is 2.66. The molecule has 0 radical (unpaired) electrons. The van der Waals surface area contributed by atoms with Crippen LogP contribution in [-0.2, 0) is 4.74 Å². The minimum atomic E-state index is 0.861. The van der Waals surface area contributed by atoms with Crippen LogP contribution in [0.15, 0.2) is 0 Å². The molecule has 0 N–H and O–H groups in total. The zero-order valence-electron chi connectivity index (χ0n) is 6.64. The van der Waals surface area contributed by atoms with Gasteiger partial charge in [0.2, 0.25) is 0 Å². The maximum Gasteiger partial charge on any atom is 0.0923 e. The van der Waals surface area contributed by atoms with Crippen LogP contribution in [0, 0.1) is 0 Å². The lowest BCUT2D eigenvalue weighted by Gasteiger charge is -2.06. The molecule has 0 aromatic rings. The first-order valence-corrected chi connectivity index (χ1v) is 5.17. The number of ether oxygens (including phenoxy) is 1. The first-order chi connectivity index (χ1) is 4.93. The van der Waals surface area contributed by atoms with E-state index in [9.17, 15) is 0 Å². The first kappa shape index (κ1) is 8.41. The molecule has 0 saturated heterocycles. The molecule has 0 aromatic heterocycles. The summed E-state index contributed by atoms with van der Waals surface area (Å²) >= 11 is 1.99. The van der Waals surface area contributed by atoms with Gasteiger partial charge in [-0.2, -0.15) is 0 Å². The van der Waals surface area contributed by atoms with E-state index >= 15 is 0 Å². The van der Waals surface area contributed by atoms with Crippen LogP contribution in [-0.4, -0.2) is 17.8 Å². The summed E-state index contributed by atoms with van der Waals surface area (Å²) in [5.74, 6) is 0.904. The molecule has 2 heteroatoms. The fourth-order valence-electron chi connectivity index (χ4n) is 1.28. The molecular formula is C8H16OS. The maximum absolute atomic E-state index is 5.26. The third-order valence-corrected chi connectivity index (χ3v) is 3.14. The van der Waals surface area contributed by atoms with Gasteiger partial charge >= 0.3 is 0 Å². The van der Waals surface area contributed by atoms with E-state index < -0.39 is 0 Å². The highest BCUT2D eigenvalue weighted by molar-refractivity contribution is 7.99. The third kappa shape index (κ3) is 2.93. The summed E-state index contributed by atoms with van der Waals surface area (Å²) in [7, 11) is 0. The van der Waals surface area contributed by atoms with Crippen LogP contribution in [0.3, 0.4) is 0 Å². The van der Waals surface area contributed by atoms with Gasteiger partial charge in [-0.15, -0.1) is 11.8 Å². The highest BCUT2D eigenvalue weighted by Crippen LogP contribution is 2.29. The van der Waals surface area contributed by atoms with Crippen LogP contribution in [0.25, 0.3) is 0 Å². The van der Waals surface area contributed by atoms with E-state index in [1.54, 1.807) is 0 Å². The SMILES string of the molecule is CCOCSC1CCCC1. The summed E-state index contributed by atoms with van der Waals surface area (Å²) in [6.07, 6.45) is 5.70. The summed E-state index contributed by atoms with van der Waals surface area (Å²) < 4.78 is 5.26. The number of hydrogen-bond acceptors (Lipinski definition) is 2. The van der Waals surface area contributed by atoms with E-state index in [-0.39, 0.29) is 0 Å². The molecule has 1 rings (SSSR count). The van der Waals surface area contributed by atoms with Crippen molar-refractivity contribution in [3.63, 3.8) is 0 Å². The Morgan fingerprint density at radius 2 is 2.10 bits per heavy atom. The second-order valence-corrected chi connectivity index (χ2v) is 3.92. The van der Waals surface area contributed by atoms with Gasteiger partial charge in [-0.05, 0) is 19.8 Å². The summed E-state index contributed by atoms with van der Waals surface area (Å²) in [6.45, 7) is 2.91. The quantitative estimate of drug-likeness (QED) is 0.462. The molecule has 1 aliphatic rings. The van der Waals surface area contributed by atoms with Gasteiger partial charge in [-0.3, -0.25) is 0 Å². The molecule has 0 spiro atoms. The lowest BCUT2D eigenvalue weighted by molar-refractivity contribution is 0.199. The molecule has 0 atom stereocenters. The van der Waals surface area contributed by atoms with E-state index in [0.29, 0.717) is 0 Å². The zero-order chi connectivity index (χ0) is 7.23. The molecule has 0 heterocycles. The lowest BCUT2D eigenvalue weighted by Crippen LogP contribution is -1.98. The van der Waals surface area contributed by atoms with Crippen molar-refractivity contribution >= 4 is 11.8 Å². The van der Waals surface area contributed by atoms with Crippen molar-refractivity contribution in [2.45, 2.75) is 37.9 Å². The molecule has 10 heavy (non-hydrogen) atoms. The molecule has 0 unspecified atom stereocenters. The minimum Gasteiger partial charge on any atom is -0.371 e. The Hall–Kier alpha value is 0.310. The van der Waals surface area contributed by atoms with E-state index in [2.05, 4.69) is 6.92 Å². The minimum absolute atomic E-state index is 0.861. The number of hydrogen-bond donors (Lipinski definition) is 0. The maximum atomic E-state index is 5.26. The van der Waals surface area contributed by atoms with Gasteiger partial charge in [0.25, 0.3) is 0 Å². The smallest absolute Gasteiger partial charge is 0.0923 e. The van der Waals surface area contributed by atoms with Gasteiger partial charge < -0.3 is 4.74 Å². The topological polar surface area (TPSA) is 9.23 Å². The standard InChI is InChI=1S/C8H16OS/c1-2-9-7-10-8-5-3-4-6-8/h8H,2-7H2,1H3. The Balaban J connectivity index is 1.91. The summed E-state index contributed by atoms with van der Waals surface area (Å²) in [5, 5.41) is 0.909. The van der Waals surface area contributed by atoms with Crippen LogP contribution in [0.5, 0.6) is 0 Å². The molecular weight excluding hydrogens is 144 g/mol. The molecule has 0 aliphatic heterocycles. The normalized spacial score (nSPS) is 20.1.